The van der Waals surface area contributed by atoms with Crippen LogP contribution in [0.5, 0.6) is 0 Å². The number of nitrogens with zero attached hydrogens (tertiary/aromatic N) is 1. The van der Waals surface area contributed by atoms with Crippen LogP contribution in [-0.2, 0) is 6.42 Å². The SMILES string of the molecule is CC=CC1CCC(C2CCC(CCc3ccc(-c4ccc(F)c(F)c4)nc3)CC2)CC1. The first-order chi connectivity index (χ1) is 15.1. The summed E-state index contributed by atoms with van der Waals surface area (Å²) in [5, 5.41) is 0. The minimum atomic E-state index is -0.829. The summed E-state index contributed by atoms with van der Waals surface area (Å²) in [7, 11) is 0. The first kappa shape index (κ1) is 22.2. The maximum atomic E-state index is 13.5. The molecule has 1 aromatic carbocycles. The molecule has 2 saturated carbocycles. The van der Waals surface area contributed by atoms with E-state index in [4.69, 9.17) is 0 Å². The number of halogens is 2. The summed E-state index contributed by atoms with van der Waals surface area (Å²) < 4.78 is 26.6. The number of pyridine rings is 1. The fourth-order valence-corrected chi connectivity index (χ4v) is 5.80. The minimum Gasteiger partial charge on any atom is -0.256 e. The van der Waals surface area contributed by atoms with Crippen molar-refractivity contribution in [2.75, 3.05) is 0 Å². The van der Waals surface area contributed by atoms with Gasteiger partial charge in [0.2, 0.25) is 0 Å². The first-order valence-corrected chi connectivity index (χ1v) is 12.2. The van der Waals surface area contributed by atoms with Crippen LogP contribution in [0.2, 0.25) is 0 Å². The molecule has 0 N–H and O–H groups in total. The molecule has 0 saturated heterocycles. The van der Waals surface area contributed by atoms with Gasteiger partial charge in [-0.05, 0) is 112 Å². The predicted molar refractivity (Wildman–Crippen MR) is 124 cm³/mol. The van der Waals surface area contributed by atoms with Gasteiger partial charge in [-0.3, -0.25) is 4.98 Å². The summed E-state index contributed by atoms with van der Waals surface area (Å²) in [4.78, 5) is 4.48. The molecule has 1 nitrogen and oxygen atoms in total. The van der Waals surface area contributed by atoms with Gasteiger partial charge in [-0.2, -0.15) is 0 Å². The van der Waals surface area contributed by atoms with E-state index in [1.54, 1.807) is 6.07 Å². The molecule has 0 radical (unpaired) electrons. The molecule has 0 atom stereocenters. The van der Waals surface area contributed by atoms with E-state index in [0.29, 0.717) is 11.3 Å². The van der Waals surface area contributed by atoms with Gasteiger partial charge in [-0.1, -0.05) is 31.1 Å². The van der Waals surface area contributed by atoms with Crippen LogP contribution < -0.4 is 0 Å². The molecule has 0 bridgehead atoms. The van der Waals surface area contributed by atoms with Gasteiger partial charge in [0.25, 0.3) is 0 Å². The third-order valence-corrected chi connectivity index (χ3v) is 7.72. The zero-order chi connectivity index (χ0) is 21.6. The van der Waals surface area contributed by atoms with Crippen molar-refractivity contribution in [3.05, 3.63) is 65.9 Å². The lowest BCUT2D eigenvalue weighted by Crippen LogP contribution is -2.25. The molecule has 0 aliphatic heterocycles. The van der Waals surface area contributed by atoms with Gasteiger partial charge in [0.1, 0.15) is 0 Å². The van der Waals surface area contributed by atoms with Gasteiger partial charge in [0.15, 0.2) is 11.6 Å². The maximum absolute atomic E-state index is 13.5. The fourth-order valence-electron chi connectivity index (χ4n) is 5.80. The minimum absolute atomic E-state index is 0.614. The molecule has 166 valence electrons. The fraction of sp³-hybridized carbons (Fsp3) is 0.536. The summed E-state index contributed by atoms with van der Waals surface area (Å²) in [5.74, 6) is 1.94. The largest absolute Gasteiger partial charge is 0.256 e. The van der Waals surface area contributed by atoms with E-state index < -0.39 is 11.6 Å². The van der Waals surface area contributed by atoms with E-state index in [9.17, 15) is 8.78 Å². The highest BCUT2D eigenvalue weighted by atomic mass is 19.2. The van der Waals surface area contributed by atoms with E-state index in [2.05, 4.69) is 30.1 Å². The summed E-state index contributed by atoms with van der Waals surface area (Å²) in [5.41, 5.74) is 2.53. The number of allylic oxidation sites excluding steroid dienone is 2. The van der Waals surface area contributed by atoms with Crippen LogP contribution in [-0.4, -0.2) is 4.98 Å². The van der Waals surface area contributed by atoms with Crippen LogP contribution in [0.1, 0.15) is 70.3 Å². The quantitative estimate of drug-likeness (QED) is 0.427. The molecule has 0 amide bonds. The highest BCUT2D eigenvalue weighted by molar-refractivity contribution is 5.59. The van der Waals surface area contributed by atoms with Crippen molar-refractivity contribution in [3.8, 4) is 11.3 Å². The van der Waals surface area contributed by atoms with Crippen LogP contribution in [0.15, 0.2) is 48.7 Å². The zero-order valence-corrected chi connectivity index (χ0v) is 18.7. The van der Waals surface area contributed by atoms with Crippen molar-refractivity contribution in [1.29, 1.82) is 0 Å². The number of benzene rings is 1. The summed E-state index contributed by atoms with van der Waals surface area (Å²) in [6.07, 6.45) is 20.0. The lowest BCUT2D eigenvalue weighted by atomic mass is 9.68. The Labute approximate surface area is 186 Å². The van der Waals surface area contributed by atoms with Gasteiger partial charge in [0.05, 0.1) is 5.69 Å². The molecular formula is C28H35F2N. The van der Waals surface area contributed by atoms with E-state index in [0.717, 1.165) is 36.2 Å². The van der Waals surface area contributed by atoms with Gasteiger partial charge in [-0.25, -0.2) is 8.78 Å². The number of aromatic nitrogens is 1. The number of aryl methyl sites for hydroxylation is 1. The van der Waals surface area contributed by atoms with Crippen molar-refractivity contribution in [1.82, 2.24) is 4.98 Å². The first-order valence-electron chi connectivity index (χ1n) is 12.2. The number of hydrogen-bond donors (Lipinski definition) is 0. The Bertz CT molecular complexity index is 857. The second kappa shape index (κ2) is 10.5. The highest BCUT2D eigenvalue weighted by Crippen LogP contribution is 2.42. The predicted octanol–water partition coefficient (Wildman–Crippen LogP) is 8.15. The maximum Gasteiger partial charge on any atom is 0.159 e. The molecule has 1 aromatic heterocycles. The smallest absolute Gasteiger partial charge is 0.159 e. The Hall–Kier alpha value is -2.03. The highest BCUT2D eigenvalue weighted by Gasteiger charge is 2.30. The van der Waals surface area contributed by atoms with Crippen LogP contribution in [0.4, 0.5) is 8.78 Å². The van der Waals surface area contributed by atoms with Crippen molar-refractivity contribution >= 4 is 0 Å². The molecule has 0 unspecified atom stereocenters. The molecule has 0 spiro atoms. The van der Waals surface area contributed by atoms with E-state index in [1.165, 1.54) is 69.4 Å². The summed E-state index contributed by atoms with van der Waals surface area (Å²) in [6.45, 7) is 2.14. The molecule has 2 aliphatic carbocycles. The van der Waals surface area contributed by atoms with Crippen molar-refractivity contribution in [2.24, 2.45) is 23.7 Å². The molecule has 3 heteroatoms. The topological polar surface area (TPSA) is 12.9 Å². The van der Waals surface area contributed by atoms with Crippen molar-refractivity contribution < 1.29 is 8.78 Å². The third-order valence-electron chi connectivity index (χ3n) is 7.72. The van der Waals surface area contributed by atoms with Crippen LogP contribution in [0.25, 0.3) is 11.3 Å². The second-order valence-electron chi connectivity index (χ2n) is 9.70. The lowest BCUT2D eigenvalue weighted by molar-refractivity contribution is 0.152. The molecule has 31 heavy (non-hydrogen) atoms. The zero-order valence-electron chi connectivity index (χ0n) is 18.7. The molecule has 1 heterocycles. The van der Waals surface area contributed by atoms with Crippen molar-refractivity contribution in [2.45, 2.75) is 71.1 Å². The normalized spacial score (nSPS) is 26.9. The van der Waals surface area contributed by atoms with Crippen LogP contribution >= 0.6 is 0 Å². The van der Waals surface area contributed by atoms with Crippen molar-refractivity contribution in [3.63, 3.8) is 0 Å². The Kier molecular flexibility index (Phi) is 7.53. The van der Waals surface area contributed by atoms with Crippen LogP contribution in [0, 0.1) is 35.3 Å². The molecule has 2 fully saturated rings. The number of hydrogen-bond acceptors (Lipinski definition) is 1. The molecule has 4 rings (SSSR count). The average Bonchev–Trinajstić information content (AvgIpc) is 2.81. The van der Waals surface area contributed by atoms with Gasteiger partial charge in [0, 0.05) is 11.8 Å². The Morgan fingerprint density at radius 2 is 1.58 bits per heavy atom. The van der Waals surface area contributed by atoms with E-state index in [-0.39, 0.29) is 0 Å². The molecular weight excluding hydrogens is 388 g/mol. The Balaban J connectivity index is 1.21. The standard InChI is InChI=1S/C28H35F2N/c1-2-3-20-6-11-23(12-7-20)24-13-8-21(9-14-24)4-5-22-10-17-28(31-19-22)25-15-16-26(29)27(30)18-25/h2-3,10,15-21,23-24H,4-9,11-14H2,1H3. The average molecular weight is 424 g/mol. The van der Waals surface area contributed by atoms with Crippen LogP contribution in [0.3, 0.4) is 0 Å². The van der Waals surface area contributed by atoms with E-state index >= 15 is 0 Å². The van der Waals surface area contributed by atoms with Gasteiger partial charge >= 0.3 is 0 Å². The summed E-state index contributed by atoms with van der Waals surface area (Å²) >= 11 is 0. The van der Waals surface area contributed by atoms with Gasteiger partial charge < -0.3 is 0 Å². The second-order valence-corrected chi connectivity index (χ2v) is 9.70. The summed E-state index contributed by atoms with van der Waals surface area (Å²) in [6, 6.07) is 7.94. The Morgan fingerprint density at radius 1 is 0.871 bits per heavy atom. The lowest BCUT2D eigenvalue weighted by Gasteiger charge is -2.37. The monoisotopic (exact) mass is 423 g/mol. The molecule has 2 aliphatic rings. The molecule has 2 aromatic rings. The van der Waals surface area contributed by atoms with Gasteiger partial charge in [-0.15, -0.1) is 0 Å². The Morgan fingerprint density at radius 3 is 2.19 bits per heavy atom. The van der Waals surface area contributed by atoms with E-state index in [1.807, 2.05) is 12.3 Å². The number of rotatable bonds is 6. The third kappa shape index (κ3) is 5.81.